The number of fused-ring (bicyclic) bond motifs is 1. The van der Waals surface area contributed by atoms with Gasteiger partial charge in [0.05, 0.1) is 16.1 Å². The van der Waals surface area contributed by atoms with E-state index in [4.69, 9.17) is 27.5 Å². The Balaban J connectivity index is 2.28. The van der Waals surface area contributed by atoms with Crippen LogP contribution in [0.2, 0.25) is 5.02 Å². The fraction of sp³-hybridized carbons (Fsp3) is 0. The predicted molar refractivity (Wildman–Crippen MR) is 77.4 cm³/mol. The number of hydrogen-bond donors (Lipinski definition) is 2. The van der Waals surface area contributed by atoms with Crippen molar-refractivity contribution < 1.29 is 9.21 Å². The van der Waals surface area contributed by atoms with Crippen molar-refractivity contribution in [1.29, 1.82) is 0 Å². The van der Waals surface area contributed by atoms with Crippen molar-refractivity contribution >= 4 is 34.3 Å². The lowest BCUT2D eigenvalue weighted by atomic mass is 10.1. The van der Waals surface area contributed by atoms with Gasteiger partial charge in [-0.3, -0.25) is 4.79 Å². The minimum Gasteiger partial charge on any atom is -0.435 e. The van der Waals surface area contributed by atoms with Gasteiger partial charge in [-0.05, 0) is 24.3 Å². The van der Waals surface area contributed by atoms with Gasteiger partial charge in [-0.1, -0.05) is 23.7 Å². The van der Waals surface area contributed by atoms with Crippen LogP contribution in [0.1, 0.15) is 10.4 Å². The molecule has 1 aromatic heterocycles. The molecular formula is C14H10ClN3O2. The topological polar surface area (TPSA) is 95.1 Å². The Labute approximate surface area is 119 Å². The van der Waals surface area contributed by atoms with Gasteiger partial charge in [0.1, 0.15) is 5.52 Å². The van der Waals surface area contributed by atoms with Crippen molar-refractivity contribution in [3.8, 4) is 11.5 Å². The van der Waals surface area contributed by atoms with E-state index in [9.17, 15) is 4.79 Å². The lowest BCUT2D eigenvalue weighted by Crippen LogP contribution is -2.11. The first-order valence-electron chi connectivity index (χ1n) is 5.81. The molecule has 0 atom stereocenters. The smallest absolute Gasteiger partial charge is 0.252 e. The monoisotopic (exact) mass is 287 g/mol. The molecule has 0 radical (unpaired) electrons. The normalized spacial score (nSPS) is 10.8. The van der Waals surface area contributed by atoms with Crippen LogP contribution in [0, 0.1) is 0 Å². The first kappa shape index (κ1) is 12.5. The molecule has 5 nitrogen and oxygen atoms in total. The highest BCUT2D eigenvalue weighted by Gasteiger charge is 2.17. The number of nitrogens with two attached hydrogens (primary N) is 2. The van der Waals surface area contributed by atoms with Gasteiger partial charge in [-0.2, -0.15) is 0 Å². The highest BCUT2D eigenvalue weighted by atomic mass is 35.5. The molecular weight excluding hydrogens is 278 g/mol. The first-order chi connectivity index (χ1) is 9.56. The van der Waals surface area contributed by atoms with Crippen molar-refractivity contribution in [3.63, 3.8) is 0 Å². The number of nitrogen functional groups attached to an aromatic ring is 1. The lowest BCUT2D eigenvalue weighted by Gasteiger charge is -1.98. The van der Waals surface area contributed by atoms with E-state index < -0.39 is 5.91 Å². The standard InChI is InChI=1S/C14H10ClN3O2/c15-10-4-2-1-3-8(10)14-18-11-6-7(16)5-9(13(17)19)12(11)20-14/h1-6H,16H2,(H2,17,19). The molecule has 0 saturated heterocycles. The number of hydrogen-bond acceptors (Lipinski definition) is 4. The summed E-state index contributed by atoms with van der Waals surface area (Å²) in [4.78, 5) is 15.7. The van der Waals surface area contributed by atoms with Crippen LogP contribution >= 0.6 is 11.6 Å². The molecule has 0 spiro atoms. The maximum atomic E-state index is 11.4. The third-order valence-electron chi connectivity index (χ3n) is 2.88. The summed E-state index contributed by atoms with van der Waals surface area (Å²) in [6.45, 7) is 0. The Morgan fingerprint density at radius 1 is 1.25 bits per heavy atom. The summed E-state index contributed by atoms with van der Waals surface area (Å²) in [5.41, 5.74) is 13.0. The number of anilines is 1. The highest BCUT2D eigenvalue weighted by Crippen LogP contribution is 2.31. The van der Waals surface area contributed by atoms with Gasteiger partial charge in [0, 0.05) is 5.69 Å². The van der Waals surface area contributed by atoms with Crippen LogP contribution in [0.3, 0.4) is 0 Å². The van der Waals surface area contributed by atoms with E-state index in [0.29, 0.717) is 33.3 Å². The van der Waals surface area contributed by atoms with Gasteiger partial charge in [-0.15, -0.1) is 0 Å². The van der Waals surface area contributed by atoms with E-state index in [-0.39, 0.29) is 5.56 Å². The van der Waals surface area contributed by atoms with Gasteiger partial charge in [0.2, 0.25) is 5.89 Å². The molecule has 0 unspecified atom stereocenters. The Bertz CT molecular complexity index is 826. The fourth-order valence-corrected chi connectivity index (χ4v) is 2.20. The van der Waals surface area contributed by atoms with E-state index in [1.807, 2.05) is 6.07 Å². The Morgan fingerprint density at radius 2 is 2.00 bits per heavy atom. The zero-order valence-electron chi connectivity index (χ0n) is 10.3. The highest BCUT2D eigenvalue weighted by molar-refractivity contribution is 6.33. The SMILES string of the molecule is NC(=O)c1cc(N)cc2nc(-c3ccccc3Cl)oc12. The van der Waals surface area contributed by atoms with Crippen LogP contribution < -0.4 is 11.5 Å². The number of aromatic nitrogens is 1. The first-order valence-corrected chi connectivity index (χ1v) is 6.19. The van der Waals surface area contributed by atoms with Crippen LogP contribution in [0.15, 0.2) is 40.8 Å². The van der Waals surface area contributed by atoms with E-state index in [0.717, 1.165) is 0 Å². The molecule has 0 aliphatic rings. The van der Waals surface area contributed by atoms with E-state index in [1.165, 1.54) is 6.07 Å². The van der Waals surface area contributed by atoms with Gasteiger partial charge in [0.25, 0.3) is 5.91 Å². The summed E-state index contributed by atoms with van der Waals surface area (Å²) in [6.07, 6.45) is 0. The number of rotatable bonds is 2. The van der Waals surface area contributed by atoms with Crippen LogP contribution in [0.25, 0.3) is 22.6 Å². The molecule has 0 bridgehead atoms. The largest absolute Gasteiger partial charge is 0.435 e. The van der Waals surface area contributed by atoms with Crippen molar-refractivity contribution in [2.45, 2.75) is 0 Å². The molecule has 4 N–H and O–H groups in total. The fourth-order valence-electron chi connectivity index (χ4n) is 1.99. The molecule has 20 heavy (non-hydrogen) atoms. The summed E-state index contributed by atoms with van der Waals surface area (Å²) in [6, 6.07) is 10.2. The minimum atomic E-state index is -0.621. The predicted octanol–water partition coefficient (Wildman–Crippen LogP) is 2.83. The molecule has 6 heteroatoms. The number of benzene rings is 2. The van der Waals surface area contributed by atoms with Gasteiger partial charge < -0.3 is 15.9 Å². The third kappa shape index (κ3) is 1.98. The van der Waals surface area contributed by atoms with Crippen LogP contribution in [0.4, 0.5) is 5.69 Å². The molecule has 3 rings (SSSR count). The molecule has 100 valence electrons. The summed E-state index contributed by atoms with van der Waals surface area (Å²) in [7, 11) is 0. The summed E-state index contributed by atoms with van der Waals surface area (Å²) >= 11 is 6.10. The Morgan fingerprint density at radius 3 is 2.70 bits per heavy atom. The average molecular weight is 288 g/mol. The zero-order valence-corrected chi connectivity index (χ0v) is 11.0. The summed E-state index contributed by atoms with van der Waals surface area (Å²) < 4.78 is 5.63. The Kier molecular flexibility index (Phi) is 2.84. The molecule has 0 fully saturated rings. The third-order valence-corrected chi connectivity index (χ3v) is 3.21. The number of carbonyl (C=O) groups excluding carboxylic acids is 1. The van der Waals surface area contributed by atoms with E-state index >= 15 is 0 Å². The van der Waals surface area contributed by atoms with Crippen molar-refractivity contribution in [1.82, 2.24) is 4.98 Å². The molecule has 0 saturated carbocycles. The van der Waals surface area contributed by atoms with Crippen LogP contribution in [-0.2, 0) is 0 Å². The zero-order chi connectivity index (χ0) is 14.3. The lowest BCUT2D eigenvalue weighted by molar-refractivity contribution is 0.100. The van der Waals surface area contributed by atoms with E-state index in [2.05, 4.69) is 4.98 Å². The van der Waals surface area contributed by atoms with Crippen molar-refractivity contribution in [3.05, 3.63) is 47.0 Å². The molecule has 0 aliphatic carbocycles. The second-order valence-electron chi connectivity index (χ2n) is 4.28. The molecule has 1 heterocycles. The second-order valence-corrected chi connectivity index (χ2v) is 4.69. The van der Waals surface area contributed by atoms with Crippen LogP contribution in [-0.4, -0.2) is 10.9 Å². The van der Waals surface area contributed by atoms with Crippen molar-refractivity contribution in [2.75, 3.05) is 5.73 Å². The average Bonchev–Trinajstić information content (AvgIpc) is 2.81. The number of nitrogens with zero attached hydrogens (tertiary/aromatic N) is 1. The van der Waals surface area contributed by atoms with Crippen LogP contribution in [0.5, 0.6) is 0 Å². The van der Waals surface area contributed by atoms with Gasteiger partial charge in [-0.25, -0.2) is 4.98 Å². The maximum Gasteiger partial charge on any atom is 0.252 e. The summed E-state index contributed by atoms with van der Waals surface area (Å²) in [5, 5.41) is 0.507. The number of oxazole rings is 1. The number of halogens is 1. The number of amides is 1. The van der Waals surface area contributed by atoms with Crippen molar-refractivity contribution in [2.24, 2.45) is 5.73 Å². The minimum absolute atomic E-state index is 0.200. The summed E-state index contributed by atoms with van der Waals surface area (Å²) in [5.74, 6) is -0.303. The number of carbonyl (C=O) groups is 1. The quantitative estimate of drug-likeness (QED) is 0.708. The van der Waals surface area contributed by atoms with Gasteiger partial charge in [0.15, 0.2) is 5.58 Å². The van der Waals surface area contributed by atoms with Gasteiger partial charge >= 0.3 is 0 Å². The molecule has 2 aromatic carbocycles. The molecule has 1 amide bonds. The molecule has 0 aliphatic heterocycles. The Hall–Kier alpha value is -2.53. The number of primary amides is 1. The maximum absolute atomic E-state index is 11.4. The van der Waals surface area contributed by atoms with E-state index in [1.54, 1.807) is 24.3 Å². The second kappa shape index (κ2) is 4.54. The molecule has 3 aromatic rings.